The average Bonchev–Trinajstić information content (AvgIpc) is 2.86. The van der Waals surface area contributed by atoms with Gasteiger partial charge in [-0.15, -0.1) is 0 Å². The molecule has 0 amide bonds. The molecule has 0 radical (unpaired) electrons. The minimum Gasteiger partial charge on any atom is -0.459 e. The van der Waals surface area contributed by atoms with Gasteiger partial charge in [0, 0.05) is 0 Å². The van der Waals surface area contributed by atoms with E-state index >= 15 is 0 Å². The van der Waals surface area contributed by atoms with Gasteiger partial charge in [0.15, 0.2) is 5.60 Å². The summed E-state index contributed by atoms with van der Waals surface area (Å²) < 4.78 is 181. The van der Waals surface area contributed by atoms with Crippen LogP contribution in [0.5, 0.6) is 0 Å². The standard InChI is InChI=1S/C24H19F13O3/c25-19(26,20(27,28)21(29,30)22(31,32)23(33,34)24(35,36)37)14-18(39,12-11-15-7-3-1-4-8-15)17(38)40-13-16-9-5-2-6-10-16/h1-10,39H,11-14H2. The van der Waals surface area contributed by atoms with Crippen LogP contribution in [0.15, 0.2) is 60.7 Å². The molecule has 2 aromatic rings. The van der Waals surface area contributed by atoms with E-state index in [2.05, 4.69) is 4.74 Å². The minimum absolute atomic E-state index is 0.166. The van der Waals surface area contributed by atoms with Gasteiger partial charge in [-0.2, -0.15) is 57.1 Å². The van der Waals surface area contributed by atoms with Crippen molar-refractivity contribution in [3.8, 4) is 0 Å². The quantitative estimate of drug-likeness (QED) is 0.206. The summed E-state index contributed by atoms with van der Waals surface area (Å²) in [4.78, 5) is 12.5. The van der Waals surface area contributed by atoms with Gasteiger partial charge in [0.2, 0.25) is 0 Å². The van der Waals surface area contributed by atoms with Crippen LogP contribution in [0.25, 0.3) is 0 Å². The monoisotopic (exact) mass is 602 g/mol. The normalized spacial score (nSPS) is 15.4. The zero-order valence-corrected chi connectivity index (χ0v) is 19.8. The van der Waals surface area contributed by atoms with Crippen molar-refractivity contribution in [2.24, 2.45) is 0 Å². The molecule has 0 aliphatic heterocycles. The maximum atomic E-state index is 14.6. The molecule has 40 heavy (non-hydrogen) atoms. The Hall–Kier alpha value is -3.04. The molecule has 0 aliphatic carbocycles. The third-order valence-electron chi connectivity index (χ3n) is 5.78. The first-order valence-corrected chi connectivity index (χ1v) is 11.0. The lowest BCUT2D eigenvalue weighted by atomic mass is 9.84. The Morgan fingerprint density at radius 2 is 1.05 bits per heavy atom. The molecule has 0 fully saturated rings. The molecule has 0 spiro atoms. The summed E-state index contributed by atoms with van der Waals surface area (Å²) in [6, 6.07) is 13.8. The fourth-order valence-corrected chi connectivity index (χ4v) is 3.40. The first-order chi connectivity index (χ1) is 18.0. The zero-order chi connectivity index (χ0) is 30.8. The van der Waals surface area contributed by atoms with Gasteiger partial charge in [0.25, 0.3) is 0 Å². The van der Waals surface area contributed by atoms with Crippen LogP contribution in [0, 0.1) is 0 Å². The summed E-state index contributed by atoms with van der Waals surface area (Å²) in [6.07, 6.45) is -12.5. The van der Waals surface area contributed by atoms with Crippen LogP contribution in [0.3, 0.4) is 0 Å². The summed E-state index contributed by atoms with van der Waals surface area (Å²) >= 11 is 0. The van der Waals surface area contributed by atoms with Crippen molar-refractivity contribution in [2.45, 2.75) is 67.3 Å². The van der Waals surface area contributed by atoms with Gasteiger partial charge in [0.05, 0.1) is 6.42 Å². The Bertz CT molecular complexity index is 1140. The average molecular weight is 602 g/mol. The van der Waals surface area contributed by atoms with Crippen LogP contribution in [-0.4, -0.2) is 52.5 Å². The van der Waals surface area contributed by atoms with Crippen LogP contribution in [0.2, 0.25) is 0 Å². The molecule has 0 aromatic heterocycles. The second kappa shape index (κ2) is 11.1. The lowest BCUT2D eigenvalue weighted by molar-refractivity contribution is -0.441. The van der Waals surface area contributed by atoms with E-state index in [9.17, 15) is 67.0 Å². The van der Waals surface area contributed by atoms with E-state index in [0.29, 0.717) is 0 Å². The molecule has 0 aliphatic rings. The van der Waals surface area contributed by atoms with Gasteiger partial charge >= 0.3 is 41.8 Å². The topological polar surface area (TPSA) is 46.5 Å². The molecule has 1 N–H and O–H groups in total. The van der Waals surface area contributed by atoms with Crippen molar-refractivity contribution in [3.63, 3.8) is 0 Å². The summed E-state index contributed by atoms with van der Waals surface area (Å²) in [6.45, 7) is -0.776. The molecule has 0 heterocycles. The van der Waals surface area contributed by atoms with Crippen LogP contribution >= 0.6 is 0 Å². The number of hydrogen-bond donors (Lipinski definition) is 1. The summed E-state index contributed by atoms with van der Waals surface area (Å²) in [5, 5.41) is 10.6. The number of hydrogen-bond acceptors (Lipinski definition) is 3. The molecule has 3 nitrogen and oxygen atoms in total. The highest BCUT2D eigenvalue weighted by Gasteiger charge is 2.91. The Kier molecular flexibility index (Phi) is 9.19. The SMILES string of the molecule is O=C(OCc1ccccc1)C(O)(CCc1ccccc1)CC(F)(F)C(F)(F)C(F)(F)C(F)(F)C(F)(F)C(F)(F)F. The van der Waals surface area contributed by atoms with Crippen LogP contribution in [0.4, 0.5) is 57.1 Å². The first kappa shape index (κ1) is 33.2. The van der Waals surface area contributed by atoms with Crippen LogP contribution in [-0.2, 0) is 22.6 Å². The van der Waals surface area contributed by atoms with E-state index in [-0.39, 0.29) is 11.1 Å². The molecular formula is C24H19F13O3. The number of alkyl halides is 13. The fourth-order valence-electron chi connectivity index (χ4n) is 3.40. The van der Waals surface area contributed by atoms with Crippen molar-refractivity contribution in [2.75, 3.05) is 0 Å². The van der Waals surface area contributed by atoms with E-state index in [1.165, 1.54) is 60.7 Å². The smallest absolute Gasteiger partial charge is 0.459 e. The largest absolute Gasteiger partial charge is 0.460 e. The third kappa shape index (κ3) is 6.15. The summed E-state index contributed by atoms with van der Waals surface area (Å²) in [5.41, 5.74) is -3.50. The molecule has 224 valence electrons. The highest BCUT2D eigenvalue weighted by Crippen LogP contribution is 2.61. The molecule has 2 aromatic carbocycles. The van der Waals surface area contributed by atoms with E-state index in [4.69, 9.17) is 0 Å². The Balaban J connectivity index is 2.46. The fraction of sp³-hybridized carbons (Fsp3) is 0.458. The molecule has 1 atom stereocenters. The van der Waals surface area contributed by atoms with Crippen molar-refractivity contribution in [1.82, 2.24) is 0 Å². The molecular weight excluding hydrogens is 583 g/mol. The highest BCUT2D eigenvalue weighted by atomic mass is 19.4. The minimum atomic E-state index is -8.10. The number of aryl methyl sites for hydroxylation is 1. The van der Waals surface area contributed by atoms with Gasteiger partial charge in [-0.1, -0.05) is 60.7 Å². The van der Waals surface area contributed by atoms with Crippen molar-refractivity contribution in [1.29, 1.82) is 0 Å². The Morgan fingerprint density at radius 3 is 1.50 bits per heavy atom. The van der Waals surface area contributed by atoms with Gasteiger partial charge in [-0.25, -0.2) is 4.79 Å². The lowest BCUT2D eigenvalue weighted by Crippen LogP contribution is -2.70. The highest BCUT2D eigenvalue weighted by molar-refractivity contribution is 5.79. The second-order valence-electron chi connectivity index (χ2n) is 8.76. The number of benzene rings is 2. The number of aliphatic hydroxyl groups is 1. The van der Waals surface area contributed by atoms with Crippen molar-refractivity contribution in [3.05, 3.63) is 71.8 Å². The molecule has 0 bridgehead atoms. The van der Waals surface area contributed by atoms with Gasteiger partial charge in [-0.3, -0.25) is 0 Å². The first-order valence-electron chi connectivity index (χ1n) is 11.0. The number of carbonyl (C=O) groups is 1. The van der Waals surface area contributed by atoms with Crippen LogP contribution in [0.1, 0.15) is 24.0 Å². The summed E-state index contributed by atoms with van der Waals surface area (Å²) in [7, 11) is 0. The number of rotatable bonds is 12. The predicted molar refractivity (Wildman–Crippen MR) is 111 cm³/mol. The second-order valence-corrected chi connectivity index (χ2v) is 8.76. The molecule has 1 unspecified atom stereocenters. The summed E-state index contributed by atoms with van der Waals surface area (Å²) in [5.74, 6) is -40.5. The maximum absolute atomic E-state index is 14.6. The number of halogens is 13. The van der Waals surface area contributed by atoms with Gasteiger partial charge in [0.1, 0.15) is 6.61 Å². The molecule has 0 saturated carbocycles. The number of esters is 1. The molecule has 16 heteroatoms. The van der Waals surface area contributed by atoms with E-state index in [0.717, 1.165) is 0 Å². The molecule has 2 rings (SSSR count). The van der Waals surface area contributed by atoms with E-state index in [1.807, 2.05) is 0 Å². The number of carbonyl (C=O) groups excluding carboxylic acids is 1. The molecule has 0 saturated heterocycles. The maximum Gasteiger partial charge on any atom is 0.460 e. The Labute approximate surface area is 217 Å². The third-order valence-corrected chi connectivity index (χ3v) is 5.78. The lowest BCUT2D eigenvalue weighted by Gasteiger charge is -2.41. The predicted octanol–water partition coefficient (Wildman–Crippen LogP) is 7.22. The van der Waals surface area contributed by atoms with Crippen molar-refractivity contribution >= 4 is 5.97 Å². The van der Waals surface area contributed by atoms with E-state index < -0.39 is 73.2 Å². The van der Waals surface area contributed by atoms with Crippen molar-refractivity contribution < 1.29 is 71.7 Å². The van der Waals surface area contributed by atoms with Gasteiger partial charge < -0.3 is 9.84 Å². The Morgan fingerprint density at radius 1 is 0.625 bits per heavy atom. The van der Waals surface area contributed by atoms with E-state index in [1.54, 1.807) is 0 Å². The van der Waals surface area contributed by atoms with Gasteiger partial charge in [-0.05, 0) is 24.0 Å². The van der Waals surface area contributed by atoms with Crippen LogP contribution < -0.4 is 0 Å². The number of ether oxygens (including phenoxy) is 1. The zero-order valence-electron chi connectivity index (χ0n) is 19.8.